The highest BCUT2D eigenvalue weighted by atomic mass is 16.3. The Morgan fingerprint density at radius 2 is 1.81 bits per heavy atom. The van der Waals surface area contributed by atoms with Gasteiger partial charge in [0.15, 0.2) is 23.0 Å². The fourth-order valence-electron chi connectivity index (χ4n) is 5.54. The van der Waals surface area contributed by atoms with Gasteiger partial charge in [-0.2, -0.15) is 0 Å². The highest BCUT2D eigenvalue weighted by molar-refractivity contribution is 6.27. The van der Waals surface area contributed by atoms with Crippen LogP contribution in [0, 0.1) is 23.7 Å². The van der Waals surface area contributed by atoms with Gasteiger partial charge >= 0.3 is 0 Å². The number of amides is 1. The van der Waals surface area contributed by atoms with E-state index in [9.17, 15) is 39.6 Å². The van der Waals surface area contributed by atoms with E-state index < -0.39 is 76.5 Å². The molecule has 3 aliphatic carbocycles. The summed E-state index contributed by atoms with van der Waals surface area (Å²) in [6.45, 7) is 3.89. The predicted molar refractivity (Wildman–Crippen MR) is 104 cm³/mol. The Labute approximate surface area is 176 Å². The number of Topliss-reactive ketones (excluding diaryl/α,β-unsaturated/α-hetero) is 3. The molecule has 8 atom stereocenters. The normalized spacial score (nSPS) is 39.5. The first-order valence-electron chi connectivity index (χ1n) is 9.69. The number of hydrogen-bond acceptors (Lipinski definition) is 9. The minimum atomic E-state index is -2.95. The van der Waals surface area contributed by atoms with Gasteiger partial charge in [-0.1, -0.05) is 18.7 Å². The maximum Gasteiger partial charge on any atom is 0.230 e. The van der Waals surface area contributed by atoms with E-state index in [-0.39, 0.29) is 16.7 Å². The average molecular weight is 430 g/mol. The monoisotopic (exact) mass is 430 g/mol. The van der Waals surface area contributed by atoms with Crippen LogP contribution in [-0.4, -0.2) is 74.6 Å². The number of phenolic OH excluding ortho intramolecular Hbond substituents is 1. The summed E-state index contributed by atoms with van der Waals surface area (Å²) in [7, 11) is 1.36. The van der Waals surface area contributed by atoms with Crippen LogP contribution < -0.4 is 11.1 Å². The number of likely N-dealkylation sites (N-methyl/N-ethyl adjacent to an activating group) is 1. The summed E-state index contributed by atoms with van der Waals surface area (Å²) in [5.74, 6) is -11.6. The second-order valence-corrected chi connectivity index (χ2v) is 8.29. The predicted octanol–water partition coefficient (Wildman–Crippen LogP) is -2.24. The summed E-state index contributed by atoms with van der Waals surface area (Å²) in [5, 5.41) is 46.0. The summed E-state index contributed by atoms with van der Waals surface area (Å²) < 4.78 is 0. The van der Waals surface area contributed by atoms with Crippen molar-refractivity contribution >= 4 is 28.8 Å². The summed E-state index contributed by atoms with van der Waals surface area (Å²) in [6.07, 6.45) is -3.38. The van der Waals surface area contributed by atoms with Gasteiger partial charge in [0, 0.05) is 17.9 Å². The Morgan fingerprint density at radius 3 is 2.39 bits per heavy atom. The zero-order valence-electron chi connectivity index (χ0n) is 16.5. The molecule has 0 saturated heterocycles. The lowest BCUT2D eigenvalue weighted by molar-refractivity contribution is -0.197. The molecular weight excluding hydrogens is 408 g/mol. The van der Waals surface area contributed by atoms with E-state index >= 15 is 0 Å². The molecule has 4 rings (SSSR count). The Morgan fingerprint density at radius 1 is 1.16 bits per heavy atom. The second kappa shape index (κ2) is 6.79. The topological polar surface area (TPSA) is 187 Å². The van der Waals surface area contributed by atoms with Crippen LogP contribution in [0.4, 0.5) is 0 Å². The number of phenols is 1. The first kappa shape index (κ1) is 21.3. The molecule has 10 nitrogen and oxygen atoms in total. The maximum absolute atomic E-state index is 13.5. The lowest BCUT2D eigenvalue weighted by Gasteiger charge is -2.55. The van der Waals surface area contributed by atoms with Crippen LogP contribution >= 0.6 is 0 Å². The van der Waals surface area contributed by atoms with Gasteiger partial charge in [-0.3, -0.25) is 19.2 Å². The minimum absolute atomic E-state index is 0.173. The summed E-state index contributed by atoms with van der Waals surface area (Å²) in [4.78, 5) is 51.6. The molecule has 0 aromatic heterocycles. The van der Waals surface area contributed by atoms with Crippen molar-refractivity contribution < 1.29 is 39.6 Å². The Kier molecular flexibility index (Phi) is 4.67. The van der Waals surface area contributed by atoms with Gasteiger partial charge in [-0.05, 0) is 24.3 Å². The lowest BCUT2D eigenvalue weighted by Crippen LogP contribution is -2.78. The minimum Gasteiger partial charge on any atom is -0.507 e. The molecular formula is C21H22N2O8. The molecule has 0 bridgehead atoms. The van der Waals surface area contributed by atoms with Crippen LogP contribution in [0.3, 0.4) is 0 Å². The number of rotatable bonds is 2. The van der Waals surface area contributed by atoms with Crippen LogP contribution in [0.15, 0.2) is 24.8 Å². The van der Waals surface area contributed by atoms with E-state index in [0.29, 0.717) is 0 Å². The van der Waals surface area contributed by atoms with Crippen molar-refractivity contribution in [3.05, 3.63) is 35.9 Å². The molecule has 0 spiro atoms. The quantitative estimate of drug-likeness (QED) is 0.282. The van der Waals surface area contributed by atoms with Crippen molar-refractivity contribution in [3.63, 3.8) is 0 Å². The number of primary amides is 1. The van der Waals surface area contributed by atoms with Crippen LogP contribution in [0.5, 0.6) is 5.75 Å². The van der Waals surface area contributed by atoms with Crippen LogP contribution in [0.25, 0.3) is 5.57 Å². The largest absolute Gasteiger partial charge is 0.507 e. The standard InChI is InChI=1S/C21H22N2O8/c1-6-7-4-3-5-8(24)10(7)15(25)11-9(6)16(26)13-14(23-2)17(27)12(20(22)30)19(29)21(13,31)18(11)28/h3-5,9,11-14,16-17,23-24,26-27,31H,1H2,2H3,(H2,22,30). The number of aliphatic hydroxyl groups is 3. The van der Waals surface area contributed by atoms with E-state index in [1.165, 1.54) is 25.2 Å². The molecule has 3 aliphatic rings. The molecule has 0 aliphatic heterocycles. The molecule has 0 radical (unpaired) electrons. The SMILES string of the molecule is C=C1c2cccc(O)c2C(=O)C2C(=O)C3(O)C(=O)C(C(N)=O)C(O)C(NC)C3C(O)C12. The number of aromatic hydroxyl groups is 1. The summed E-state index contributed by atoms with van der Waals surface area (Å²) in [5.41, 5.74) is 2.50. The summed E-state index contributed by atoms with van der Waals surface area (Å²) in [6, 6.07) is 2.95. The second-order valence-electron chi connectivity index (χ2n) is 8.29. The molecule has 8 unspecified atom stereocenters. The van der Waals surface area contributed by atoms with E-state index in [0.717, 1.165) is 0 Å². The van der Waals surface area contributed by atoms with Crippen molar-refractivity contribution in [3.8, 4) is 5.75 Å². The first-order chi connectivity index (χ1) is 14.5. The number of fused-ring (bicyclic) bond motifs is 3. The van der Waals surface area contributed by atoms with Crippen molar-refractivity contribution in [1.82, 2.24) is 5.32 Å². The fraction of sp³-hybridized carbons (Fsp3) is 0.429. The fourth-order valence-corrected chi connectivity index (χ4v) is 5.54. The third-order valence-electron chi connectivity index (χ3n) is 6.95. The molecule has 1 aromatic rings. The van der Waals surface area contributed by atoms with Gasteiger partial charge in [0.25, 0.3) is 0 Å². The van der Waals surface area contributed by atoms with Gasteiger partial charge in [0.05, 0.1) is 23.7 Å². The summed E-state index contributed by atoms with van der Waals surface area (Å²) >= 11 is 0. The third-order valence-corrected chi connectivity index (χ3v) is 6.95. The zero-order chi connectivity index (χ0) is 23.0. The lowest BCUT2D eigenvalue weighted by atomic mass is 9.50. The molecule has 2 fully saturated rings. The Balaban J connectivity index is 1.95. The molecule has 31 heavy (non-hydrogen) atoms. The molecule has 1 amide bonds. The average Bonchev–Trinajstić information content (AvgIpc) is 2.70. The number of nitrogens with one attached hydrogen (secondary N) is 1. The van der Waals surface area contributed by atoms with Gasteiger partial charge in [-0.15, -0.1) is 0 Å². The van der Waals surface area contributed by atoms with E-state index in [2.05, 4.69) is 11.9 Å². The molecule has 164 valence electrons. The highest BCUT2D eigenvalue weighted by Gasteiger charge is 2.71. The molecule has 2 saturated carbocycles. The van der Waals surface area contributed by atoms with E-state index in [1.54, 1.807) is 0 Å². The smallest absolute Gasteiger partial charge is 0.230 e. The molecule has 1 aromatic carbocycles. The highest BCUT2D eigenvalue weighted by Crippen LogP contribution is 2.53. The van der Waals surface area contributed by atoms with Gasteiger partial charge < -0.3 is 31.5 Å². The van der Waals surface area contributed by atoms with Crippen molar-refractivity contribution in [2.45, 2.75) is 23.9 Å². The Bertz CT molecular complexity index is 1050. The number of aliphatic hydroxyl groups excluding tert-OH is 2. The number of ketones is 3. The third kappa shape index (κ3) is 2.47. The van der Waals surface area contributed by atoms with Crippen LogP contribution in [-0.2, 0) is 14.4 Å². The van der Waals surface area contributed by atoms with Gasteiger partial charge in [0.1, 0.15) is 11.7 Å². The maximum atomic E-state index is 13.5. The van der Waals surface area contributed by atoms with Gasteiger partial charge in [-0.25, -0.2) is 0 Å². The number of benzene rings is 1. The van der Waals surface area contributed by atoms with Gasteiger partial charge in [0.2, 0.25) is 5.91 Å². The zero-order valence-corrected chi connectivity index (χ0v) is 16.5. The molecule has 10 heteroatoms. The first-order valence-corrected chi connectivity index (χ1v) is 9.69. The van der Waals surface area contributed by atoms with Crippen LogP contribution in [0.2, 0.25) is 0 Å². The van der Waals surface area contributed by atoms with Crippen molar-refractivity contribution in [2.75, 3.05) is 7.05 Å². The Hall–Kier alpha value is -2.92. The molecule has 0 heterocycles. The van der Waals surface area contributed by atoms with Crippen molar-refractivity contribution in [2.24, 2.45) is 29.4 Å². The number of nitrogens with two attached hydrogens (primary N) is 1. The van der Waals surface area contributed by atoms with Crippen molar-refractivity contribution in [1.29, 1.82) is 0 Å². The number of carbonyl (C=O) groups excluding carboxylic acids is 4. The van der Waals surface area contributed by atoms with Crippen LogP contribution in [0.1, 0.15) is 15.9 Å². The number of carbonyl (C=O) groups is 4. The van der Waals surface area contributed by atoms with E-state index in [4.69, 9.17) is 5.73 Å². The number of hydrogen-bond donors (Lipinski definition) is 6. The molecule has 7 N–H and O–H groups in total. The van der Waals surface area contributed by atoms with E-state index in [1.807, 2.05) is 0 Å².